The predicted octanol–water partition coefficient (Wildman–Crippen LogP) is 5.49. The molecule has 2 aromatic rings. The number of hydrogen-bond donors (Lipinski definition) is 0. The second kappa shape index (κ2) is 6.55. The lowest BCUT2D eigenvalue weighted by molar-refractivity contribution is 0.104. The summed E-state index contributed by atoms with van der Waals surface area (Å²) in [5, 5.41) is 1.10. The summed E-state index contributed by atoms with van der Waals surface area (Å²) in [6.45, 7) is 0. The van der Waals surface area contributed by atoms with E-state index in [2.05, 4.69) is 22.6 Å². The van der Waals surface area contributed by atoms with Crippen molar-refractivity contribution in [2.75, 3.05) is 0 Å². The molecule has 96 valence electrons. The zero-order valence-electron chi connectivity index (χ0n) is 9.74. The molecule has 0 spiro atoms. The third-order valence-corrected chi connectivity index (χ3v) is 3.79. The molecular formula is C15H9Cl2IO. The quantitative estimate of drug-likeness (QED) is 0.376. The van der Waals surface area contributed by atoms with Crippen LogP contribution in [0.1, 0.15) is 15.9 Å². The highest BCUT2D eigenvalue weighted by Gasteiger charge is 2.02. The summed E-state index contributed by atoms with van der Waals surface area (Å²) in [6, 6.07) is 12.6. The molecule has 2 aromatic carbocycles. The summed E-state index contributed by atoms with van der Waals surface area (Å²) in [7, 11) is 0. The van der Waals surface area contributed by atoms with Gasteiger partial charge in [-0.05, 0) is 64.6 Å². The van der Waals surface area contributed by atoms with E-state index in [0.717, 1.165) is 9.13 Å². The number of rotatable bonds is 3. The molecule has 0 saturated heterocycles. The largest absolute Gasteiger partial charge is 0.289 e. The zero-order valence-corrected chi connectivity index (χ0v) is 13.4. The van der Waals surface area contributed by atoms with Crippen LogP contribution in [0.15, 0.2) is 48.5 Å². The zero-order chi connectivity index (χ0) is 13.8. The molecule has 0 aromatic heterocycles. The fraction of sp³-hybridized carbons (Fsp3) is 0. The van der Waals surface area contributed by atoms with E-state index in [1.54, 1.807) is 36.4 Å². The van der Waals surface area contributed by atoms with Gasteiger partial charge in [-0.3, -0.25) is 4.79 Å². The fourth-order valence-corrected chi connectivity index (χ4v) is 2.34. The van der Waals surface area contributed by atoms with Crippen LogP contribution < -0.4 is 0 Å². The first-order valence-corrected chi connectivity index (χ1v) is 7.33. The van der Waals surface area contributed by atoms with Crippen LogP contribution in [-0.4, -0.2) is 5.78 Å². The second-order valence-electron chi connectivity index (χ2n) is 3.87. The van der Waals surface area contributed by atoms with Gasteiger partial charge >= 0.3 is 0 Å². The minimum Gasteiger partial charge on any atom is -0.289 e. The summed E-state index contributed by atoms with van der Waals surface area (Å²) in [6.07, 6.45) is 3.20. The van der Waals surface area contributed by atoms with E-state index >= 15 is 0 Å². The van der Waals surface area contributed by atoms with E-state index < -0.39 is 0 Å². The molecule has 0 N–H and O–H groups in total. The van der Waals surface area contributed by atoms with Gasteiger partial charge in [-0.25, -0.2) is 0 Å². The van der Waals surface area contributed by atoms with E-state index in [1.165, 1.54) is 6.08 Å². The first kappa shape index (κ1) is 14.6. The van der Waals surface area contributed by atoms with Crippen LogP contribution >= 0.6 is 45.8 Å². The Morgan fingerprint density at radius 2 is 1.74 bits per heavy atom. The number of ketones is 1. The molecule has 0 unspecified atom stereocenters. The first-order chi connectivity index (χ1) is 9.06. The average Bonchev–Trinajstić information content (AvgIpc) is 2.38. The third kappa shape index (κ3) is 4.06. The van der Waals surface area contributed by atoms with Crippen molar-refractivity contribution in [2.45, 2.75) is 0 Å². The van der Waals surface area contributed by atoms with Gasteiger partial charge in [0, 0.05) is 19.2 Å². The summed E-state index contributed by atoms with van der Waals surface area (Å²) in [5.41, 5.74) is 1.42. The molecule has 2 rings (SSSR count). The highest BCUT2D eigenvalue weighted by molar-refractivity contribution is 14.1. The Hall–Kier alpha value is -0.840. The van der Waals surface area contributed by atoms with Crippen LogP contribution in [0, 0.1) is 3.57 Å². The topological polar surface area (TPSA) is 17.1 Å². The van der Waals surface area contributed by atoms with E-state index in [9.17, 15) is 4.79 Å². The molecule has 0 atom stereocenters. The minimum absolute atomic E-state index is 0.0533. The van der Waals surface area contributed by atoms with Crippen molar-refractivity contribution in [3.8, 4) is 0 Å². The number of allylic oxidation sites excluding steroid dienone is 1. The van der Waals surface area contributed by atoms with Gasteiger partial charge in [0.15, 0.2) is 5.78 Å². The van der Waals surface area contributed by atoms with Crippen LogP contribution in [0.2, 0.25) is 10.0 Å². The van der Waals surface area contributed by atoms with Gasteiger partial charge in [0.1, 0.15) is 0 Å². The maximum absolute atomic E-state index is 11.9. The lowest BCUT2D eigenvalue weighted by Crippen LogP contribution is -1.93. The highest BCUT2D eigenvalue weighted by Crippen LogP contribution is 2.22. The van der Waals surface area contributed by atoms with Crippen molar-refractivity contribution in [3.63, 3.8) is 0 Å². The fourth-order valence-electron chi connectivity index (χ4n) is 1.51. The smallest absolute Gasteiger partial charge is 0.185 e. The molecule has 0 aliphatic heterocycles. The molecule has 0 amide bonds. The Kier molecular flexibility index (Phi) is 5.02. The lowest BCUT2D eigenvalue weighted by Gasteiger charge is -1.99. The van der Waals surface area contributed by atoms with Gasteiger partial charge in [0.25, 0.3) is 0 Å². The minimum atomic E-state index is -0.0533. The molecule has 19 heavy (non-hydrogen) atoms. The summed E-state index contributed by atoms with van der Waals surface area (Å²) in [5.74, 6) is -0.0533. The Bertz CT molecular complexity index is 633. The molecule has 1 nitrogen and oxygen atoms in total. The maximum atomic E-state index is 11.9. The van der Waals surface area contributed by atoms with Crippen molar-refractivity contribution in [3.05, 3.63) is 73.3 Å². The number of carbonyl (C=O) groups excluding carboxylic acids is 1. The Labute approximate surface area is 135 Å². The van der Waals surface area contributed by atoms with Crippen molar-refractivity contribution >= 4 is 57.7 Å². The van der Waals surface area contributed by atoms with E-state index in [-0.39, 0.29) is 5.78 Å². The van der Waals surface area contributed by atoms with Gasteiger partial charge in [0.05, 0.1) is 0 Å². The van der Waals surface area contributed by atoms with Crippen molar-refractivity contribution in [2.24, 2.45) is 0 Å². The molecule has 0 saturated carbocycles. The highest BCUT2D eigenvalue weighted by atomic mass is 127. The Balaban J connectivity index is 2.18. The van der Waals surface area contributed by atoms with Crippen LogP contribution in [0.3, 0.4) is 0 Å². The average molecular weight is 403 g/mol. The molecule has 0 bridgehead atoms. The normalized spacial score (nSPS) is 10.9. The summed E-state index contributed by atoms with van der Waals surface area (Å²) in [4.78, 5) is 11.9. The van der Waals surface area contributed by atoms with Crippen LogP contribution in [-0.2, 0) is 0 Å². The molecular weight excluding hydrogens is 394 g/mol. The van der Waals surface area contributed by atoms with Gasteiger partial charge < -0.3 is 0 Å². The number of benzene rings is 2. The number of hydrogen-bond acceptors (Lipinski definition) is 1. The van der Waals surface area contributed by atoms with E-state index in [4.69, 9.17) is 23.2 Å². The van der Waals surface area contributed by atoms with E-state index in [0.29, 0.717) is 15.6 Å². The molecule has 0 heterocycles. The standard InChI is InChI=1S/C15H9Cl2IO/c16-12-5-1-10(14(17)9-12)4-8-15(19)11-2-6-13(18)7-3-11/h1-9H. The summed E-state index contributed by atoms with van der Waals surface area (Å²) >= 11 is 14.0. The molecule has 4 heteroatoms. The van der Waals surface area contributed by atoms with Gasteiger partial charge in [-0.1, -0.05) is 41.4 Å². The predicted molar refractivity (Wildman–Crippen MR) is 89.0 cm³/mol. The number of carbonyl (C=O) groups is 1. The molecule has 0 aliphatic rings. The van der Waals surface area contributed by atoms with Crippen molar-refractivity contribution < 1.29 is 4.79 Å². The maximum Gasteiger partial charge on any atom is 0.185 e. The third-order valence-electron chi connectivity index (χ3n) is 2.51. The number of halogens is 3. The van der Waals surface area contributed by atoms with Crippen LogP contribution in [0.4, 0.5) is 0 Å². The Morgan fingerprint density at radius 3 is 2.37 bits per heavy atom. The molecule has 0 aliphatic carbocycles. The monoisotopic (exact) mass is 402 g/mol. The first-order valence-electron chi connectivity index (χ1n) is 5.49. The van der Waals surface area contributed by atoms with Gasteiger partial charge in [-0.15, -0.1) is 0 Å². The molecule has 0 fully saturated rings. The van der Waals surface area contributed by atoms with Gasteiger partial charge in [0.2, 0.25) is 0 Å². The summed E-state index contributed by atoms with van der Waals surface area (Å²) < 4.78 is 1.10. The van der Waals surface area contributed by atoms with E-state index in [1.807, 2.05) is 12.1 Å². The SMILES string of the molecule is O=C(C=Cc1ccc(Cl)cc1Cl)c1ccc(I)cc1. The van der Waals surface area contributed by atoms with Gasteiger partial charge in [-0.2, -0.15) is 0 Å². The molecule has 0 radical (unpaired) electrons. The second-order valence-corrected chi connectivity index (χ2v) is 5.96. The van der Waals surface area contributed by atoms with Crippen LogP contribution in [0.25, 0.3) is 6.08 Å². The van der Waals surface area contributed by atoms with Crippen molar-refractivity contribution in [1.29, 1.82) is 0 Å². The van der Waals surface area contributed by atoms with Crippen molar-refractivity contribution in [1.82, 2.24) is 0 Å². The Morgan fingerprint density at radius 1 is 1.05 bits per heavy atom. The van der Waals surface area contributed by atoms with Crippen LogP contribution in [0.5, 0.6) is 0 Å². The lowest BCUT2D eigenvalue weighted by atomic mass is 10.1.